The molecule has 2 heterocycles. The second-order valence-corrected chi connectivity index (χ2v) is 5.77. The van der Waals surface area contributed by atoms with Gasteiger partial charge in [-0.05, 0) is 32.2 Å². The van der Waals surface area contributed by atoms with E-state index in [9.17, 15) is 4.79 Å². The Balaban J connectivity index is 0.00000147. The van der Waals surface area contributed by atoms with Crippen molar-refractivity contribution < 1.29 is 4.79 Å². The van der Waals surface area contributed by atoms with E-state index in [0.717, 1.165) is 31.7 Å². The van der Waals surface area contributed by atoms with Crippen LogP contribution in [0.15, 0.2) is 12.4 Å². The first-order valence-corrected chi connectivity index (χ1v) is 7.29. The summed E-state index contributed by atoms with van der Waals surface area (Å²) in [4.78, 5) is 12.7. The number of carbonyl (C=O) groups is 1. The van der Waals surface area contributed by atoms with Gasteiger partial charge in [0.1, 0.15) is 0 Å². The largest absolute Gasteiger partial charge is 0.323 e. The minimum absolute atomic E-state index is 0. The molecule has 0 aromatic carbocycles. The molecule has 2 atom stereocenters. The number of carbonyl (C=O) groups excluding carboxylic acids is 1. The van der Waals surface area contributed by atoms with Crippen LogP contribution in [-0.2, 0) is 11.3 Å². The maximum absolute atomic E-state index is 12.7. The summed E-state index contributed by atoms with van der Waals surface area (Å²) in [6, 6.07) is 0. The molecule has 1 aromatic rings. The van der Waals surface area contributed by atoms with Crippen LogP contribution in [0, 0.1) is 11.3 Å². The van der Waals surface area contributed by atoms with Crippen LogP contribution in [0.5, 0.6) is 0 Å². The highest BCUT2D eigenvalue weighted by molar-refractivity contribution is 5.96. The maximum Gasteiger partial charge on any atom is 0.232 e. The lowest BCUT2D eigenvalue weighted by Gasteiger charge is -2.36. The van der Waals surface area contributed by atoms with Crippen LogP contribution in [0.3, 0.4) is 0 Å². The topological polar surface area (TPSA) is 59.0 Å². The van der Waals surface area contributed by atoms with E-state index in [4.69, 9.17) is 0 Å². The predicted octanol–water partition coefficient (Wildman–Crippen LogP) is 2.04. The van der Waals surface area contributed by atoms with Crippen molar-refractivity contribution in [1.29, 1.82) is 0 Å². The van der Waals surface area contributed by atoms with E-state index in [1.807, 2.05) is 17.8 Å². The monoisotopic (exact) mass is 298 g/mol. The molecule has 2 aliphatic rings. The number of aromatic nitrogens is 2. The van der Waals surface area contributed by atoms with Gasteiger partial charge in [-0.25, -0.2) is 0 Å². The lowest BCUT2D eigenvalue weighted by molar-refractivity contribution is -0.128. The van der Waals surface area contributed by atoms with E-state index in [2.05, 4.69) is 15.7 Å². The van der Waals surface area contributed by atoms with Gasteiger partial charge < -0.3 is 10.6 Å². The summed E-state index contributed by atoms with van der Waals surface area (Å²) in [5.41, 5.74) is 0.629. The number of hydrogen-bond acceptors (Lipinski definition) is 3. The van der Waals surface area contributed by atoms with Gasteiger partial charge in [0, 0.05) is 19.3 Å². The minimum atomic E-state index is -0.188. The first-order chi connectivity index (χ1) is 9.24. The molecule has 0 unspecified atom stereocenters. The van der Waals surface area contributed by atoms with E-state index in [-0.39, 0.29) is 23.7 Å². The fourth-order valence-electron chi connectivity index (χ4n) is 3.55. The smallest absolute Gasteiger partial charge is 0.232 e. The van der Waals surface area contributed by atoms with Gasteiger partial charge in [0.15, 0.2) is 0 Å². The van der Waals surface area contributed by atoms with Gasteiger partial charge in [-0.3, -0.25) is 9.48 Å². The fourth-order valence-corrected chi connectivity index (χ4v) is 3.55. The molecule has 1 aromatic heterocycles. The summed E-state index contributed by atoms with van der Waals surface area (Å²) in [6.45, 7) is 4.67. The predicted molar refractivity (Wildman–Crippen MR) is 81.0 cm³/mol. The SMILES string of the molecule is CCn1cc(NC(=O)[C@@]23CCCC[C@H]2CNC3)cn1.Cl. The van der Waals surface area contributed by atoms with Gasteiger partial charge in [-0.2, -0.15) is 5.10 Å². The molecule has 2 N–H and O–H groups in total. The average molecular weight is 299 g/mol. The second-order valence-electron chi connectivity index (χ2n) is 5.77. The number of amides is 1. The normalized spacial score (nSPS) is 28.6. The molecule has 1 amide bonds. The number of nitrogens with one attached hydrogen (secondary N) is 2. The summed E-state index contributed by atoms with van der Waals surface area (Å²) in [6.07, 6.45) is 8.25. The van der Waals surface area contributed by atoms with Crippen molar-refractivity contribution in [1.82, 2.24) is 15.1 Å². The van der Waals surface area contributed by atoms with Gasteiger partial charge in [0.05, 0.1) is 17.3 Å². The molecular weight excluding hydrogens is 276 g/mol. The van der Waals surface area contributed by atoms with Crippen molar-refractivity contribution in [2.24, 2.45) is 11.3 Å². The Hall–Kier alpha value is -1.07. The first-order valence-electron chi connectivity index (χ1n) is 7.29. The zero-order valence-corrected chi connectivity index (χ0v) is 12.7. The molecular formula is C14H23ClN4O. The number of halogens is 1. The van der Waals surface area contributed by atoms with E-state index in [1.165, 1.54) is 19.3 Å². The van der Waals surface area contributed by atoms with Crippen LogP contribution in [0.25, 0.3) is 0 Å². The molecule has 1 saturated heterocycles. The zero-order valence-electron chi connectivity index (χ0n) is 11.9. The molecule has 1 aliphatic carbocycles. The third kappa shape index (κ3) is 2.56. The molecule has 1 aliphatic heterocycles. The van der Waals surface area contributed by atoms with Crippen molar-refractivity contribution in [3.63, 3.8) is 0 Å². The van der Waals surface area contributed by atoms with Gasteiger partial charge in [-0.15, -0.1) is 12.4 Å². The Bertz CT molecular complexity index is 475. The summed E-state index contributed by atoms with van der Waals surface area (Å²) < 4.78 is 1.83. The maximum atomic E-state index is 12.7. The zero-order chi connectivity index (χ0) is 13.3. The van der Waals surface area contributed by atoms with Crippen LogP contribution in [0.1, 0.15) is 32.6 Å². The Morgan fingerprint density at radius 3 is 3.20 bits per heavy atom. The van der Waals surface area contributed by atoms with E-state index in [0.29, 0.717) is 5.92 Å². The standard InChI is InChI=1S/C14H22N4O.ClH/c1-2-18-9-12(8-16-18)17-13(19)14-6-4-3-5-11(14)7-15-10-14;/h8-9,11,15H,2-7,10H2,1H3,(H,17,19);1H/t11-,14+;/m0./s1. The third-order valence-electron chi connectivity index (χ3n) is 4.71. The fraction of sp³-hybridized carbons (Fsp3) is 0.714. The molecule has 2 fully saturated rings. The van der Waals surface area contributed by atoms with Crippen molar-refractivity contribution in [2.75, 3.05) is 18.4 Å². The highest BCUT2D eigenvalue weighted by Gasteiger charge is 2.49. The summed E-state index contributed by atoms with van der Waals surface area (Å²) >= 11 is 0. The quantitative estimate of drug-likeness (QED) is 0.898. The van der Waals surface area contributed by atoms with Crippen LogP contribution in [0.4, 0.5) is 5.69 Å². The lowest BCUT2D eigenvalue weighted by Crippen LogP contribution is -2.44. The van der Waals surface area contributed by atoms with Crippen molar-refractivity contribution >= 4 is 24.0 Å². The molecule has 112 valence electrons. The average Bonchev–Trinajstić information content (AvgIpc) is 3.04. The van der Waals surface area contributed by atoms with Gasteiger partial charge in [0.25, 0.3) is 0 Å². The van der Waals surface area contributed by atoms with Crippen molar-refractivity contribution in [2.45, 2.75) is 39.2 Å². The molecule has 0 bridgehead atoms. The minimum Gasteiger partial charge on any atom is -0.323 e. The molecule has 0 spiro atoms. The van der Waals surface area contributed by atoms with Crippen molar-refractivity contribution in [3.05, 3.63) is 12.4 Å². The first kappa shape index (κ1) is 15.3. The second kappa shape index (κ2) is 6.14. The van der Waals surface area contributed by atoms with Crippen LogP contribution < -0.4 is 10.6 Å². The Labute approximate surface area is 125 Å². The molecule has 5 nitrogen and oxygen atoms in total. The van der Waals surface area contributed by atoms with E-state index in [1.54, 1.807) is 6.20 Å². The number of rotatable bonds is 3. The van der Waals surface area contributed by atoms with E-state index >= 15 is 0 Å². The third-order valence-corrected chi connectivity index (χ3v) is 4.71. The number of fused-ring (bicyclic) bond motifs is 1. The van der Waals surface area contributed by atoms with Gasteiger partial charge in [-0.1, -0.05) is 12.8 Å². The Morgan fingerprint density at radius 2 is 2.45 bits per heavy atom. The van der Waals surface area contributed by atoms with Gasteiger partial charge >= 0.3 is 0 Å². The summed E-state index contributed by atoms with van der Waals surface area (Å²) in [7, 11) is 0. The Kier molecular flexibility index (Phi) is 4.70. The molecule has 1 saturated carbocycles. The van der Waals surface area contributed by atoms with Crippen molar-refractivity contribution in [3.8, 4) is 0 Å². The Morgan fingerprint density at radius 1 is 1.60 bits per heavy atom. The summed E-state index contributed by atoms with van der Waals surface area (Å²) in [5.74, 6) is 0.681. The lowest BCUT2D eigenvalue weighted by atomic mass is 9.67. The highest BCUT2D eigenvalue weighted by Crippen LogP contribution is 2.44. The molecule has 6 heteroatoms. The number of nitrogens with zero attached hydrogens (tertiary/aromatic N) is 2. The van der Waals surface area contributed by atoms with Gasteiger partial charge in [0.2, 0.25) is 5.91 Å². The van der Waals surface area contributed by atoms with Crippen LogP contribution in [0.2, 0.25) is 0 Å². The summed E-state index contributed by atoms with van der Waals surface area (Å²) in [5, 5.41) is 10.7. The molecule has 20 heavy (non-hydrogen) atoms. The highest BCUT2D eigenvalue weighted by atomic mass is 35.5. The van der Waals surface area contributed by atoms with Crippen LogP contribution in [-0.4, -0.2) is 28.8 Å². The van der Waals surface area contributed by atoms with E-state index < -0.39 is 0 Å². The number of anilines is 1. The number of hydrogen-bond donors (Lipinski definition) is 2. The van der Waals surface area contributed by atoms with Crippen LogP contribution >= 0.6 is 12.4 Å². The molecule has 3 rings (SSSR count). The molecule has 0 radical (unpaired) electrons. The number of aryl methyl sites for hydroxylation is 1.